The zero-order chi connectivity index (χ0) is 14.5. The number of pyridine rings is 1. The molecule has 0 aliphatic rings. The fraction of sp³-hybridized carbons (Fsp3) is 0.118. The Morgan fingerprint density at radius 3 is 2.62 bits per heavy atom. The van der Waals surface area contributed by atoms with E-state index in [9.17, 15) is 0 Å². The van der Waals surface area contributed by atoms with E-state index >= 15 is 0 Å². The van der Waals surface area contributed by atoms with E-state index in [0.29, 0.717) is 13.2 Å². The van der Waals surface area contributed by atoms with Crippen LogP contribution in [0.25, 0.3) is 10.9 Å². The van der Waals surface area contributed by atoms with Gasteiger partial charge in [-0.2, -0.15) is 0 Å². The highest BCUT2D eigenvalue weighted by molar-refractivity contribution is 9.10. The topological polar surface area (TPSA) is 31.4 Å². The molecule has 0 saturated carbocycles. The summed E-state index contributed by atoms with van der Waals surface area (Å²) in [4.78, 5) is 4.36. The summed E-state index contributed by atoms with van der Waals surface area (Å²) in [6, 6.07) is 17.6. The first kappa shape index (κ1) is 13.9. The Morgan fingerprint density at radius 2 is 1.71 bits per heavy atom. The standard InChI is InChI=1S/C17H14BrNO2/c18-14-6-2-7-15(12-14)20-10-11-21-16-8-1-4-13-5-3-9-19-17(13)16/h1-9,12H,10-11H2. The molecule has 0 bridgehead atoms. The molecule has 0 N–H and O–H groups in total. The fourth-order valence-corrected chi connectivity index (χ4v) is 2.44. The van der Waals surface area contributed by atoms with Gasteiger partial charge in [-0.25, -0.2) is 0 Å². The Morgan fingerprint density at radius 1 is 0.905 bits per heavy atom. The summed E-state index contributed by atoms with van der Waals surface area (Å²) in [6.45, 7) is 0.960. The molecule has 21 heavy (non-hydrogen) atoms. The minimum absolute atomic E-state index is 0.474. The van der Waals surface area contributed by atoms with Crippen LogP contribution < -0.4 is 9.47 Å². The maximum absolute atomic E-state index is 5.77. The molecule has 3 rings (SSSR count). The molecule has 0 unspecified atom stereocenters. The van der Waals surface area contributed by atoms with Gasteiger partial charge in [0.2, 0.25) is 0 Å². The molecule has 2 aromatic carbocycles. The van der Waals surface area contributed by atoms with Crippen LogP contribution in [0.3, 0.4) is 0 Å². The highest BCUT2D eigenvalue weighted by Crippen LogP contribution is 2.23. The zero-order valence-electron chi connectivity index (χ0n) is 11.3. The van der Waals surface area contributed by atoms with E-state index in [0.717, 1.165) is 26.9 Å². The highest BCUT2D eigenvalue weighted by atomic mass is 79.9. The summed E-state index contributed by atoms with van der Waals surface area (Å²) in [7, 11) is 0. The molecule has 1 aromatic heterocycles. The maximum atomic E-state index is 5.77. The molecule has 0 fully saturated rings. The lowest BCUT2D eigenvalue weighted by Gasteiger charge is -2.10. The van der Waals surface area contributed by atoms with Gasteiger partial charge >= 0.3 is 0 Å². The molecule has 0 saturated heterocycles. The van der Waals surface area contributed by atoms with Gasteiger partial charge in [0, 0.05) is 16.1 Å². The average molecular weight is 344 g/mol. The van der Waals surface area contributed by atoms with Gasteiger partial charge in [-0.3, -0.25) is 4.98 Å². The second-order valence-electron chi connectivity index (χ2n) is 4.49. The Kier molecular flexibility index (Phi) is 4.36. The van der Waals surface area contributed by atoms with Crippen LogP contribution in [-0.4, -0.2) is 18.2 Å². The number of benzene rings is 2. The molecule has 4 heteroatoms. The number of nitrogens with zero attached hydrogens (tertiary/aromatic N) is 1. The second kappa shape index (κ2) is 6.59. The maximum Gasteiger partial charge on any atom is 0.145 e. The minimum atomic E-state index is 0.474. The van der Waals surface area contributed by atoms with Gasteiger partial charge in [0.25, 0.3) is 0 Å². The Labute approximate surface area is 131 Å². The van der Waals surface area contributed by atoms with Crippen molar-refractivity contribution in [2.24, 2.45) is 0 Å². The number of aromatic nitrogens is 1. The van der Waals surface area contributed by atoms with Gasteiger partial charge in [-0.05, 0) is 30.3 Å². The summed E-state index contributed by atoms with van der Waals surface area (Å²) >= 11 is 3.42. The monoisotopic (exact) mass is 343 g/mol. The minimum Gasteiger partial charge on any atom is -0.490 e. The molecule has 0 spiro atoms. The molecule has 106 valence electrons. The predicted octanol–water partition coefficient (Wildman–Crippen LogP) is 4.46. The number of hydrogen-bond acceptors (Lipinski definition) is 3. The predicted molar refractivity (Wildman–Crippen MR) is 86.9 cm³/mol. The van der Waals surface area contributed by atoms with Crippen LogP contribution in [-0.2, 0) is 0 Å². The van der Waals surface area contributed by atoms with Gasteiger partial charge in [0.1, 0.15) is 30.2 Å². The molecule has 0 aliphatic heterocycles. The third-order valence-corrected chi connectivity index (χ3v) is 3.49. The second-order valence-corrected chi connectivity index (χ2v) is 5.40. The van der Waals surface area contributed by atoms with Crippen molar-refractivity contribution < 1.29 is 9.47 Å². The SMILES string of the molecule is Brc1cccc(OCCOc2cccc3cccnc23)c1. The fourth-order valence-electron chi connectivity index (χ4n) is 2.06. The van der Waals surface area contributed by atoms with Gasteiger partial charge in [-0.1, -0.05) is 40.2 Å². The van der Waals surface area contributed by atoms with Crippen LogP contribution >= 0.6 is 15.9 Å². The average Bonchev–Trinajstić information content (AvgIpc) is 2.52. The molecule has 3 nitrogen and oxygen atoms in total. The van der Waals surface area contributed by atoms with Crippen molar-refractivity contribution in [3.8, 4) is 11.5 Å². The van der Waals surface area contributed by atoms with Crippen molar-refractivity contribution in [2.45, 2.75) is 0 Å². The van der Waals surface area contributed by atoms with Crippen LogP contribution in [0.15, 0.2) is 65.3 Å². The third-order valence-electron chi connectivity index (χ3n) is 3.00. The van der Waals surface area contributed by atoms with E-state index in [4.69, 9.17) is 9.47 Å². The third kappa shape index (κ3) is 3.52. The molecule has 0 amide bonds. The number of hydrogen-bond donors (Lipinski definition) is 0. The van der Waals surface area contributed by atoms with E-state index in [2.05, 4.69) is 20.9 Å². The van der Waals surface area contributed by atoms with Crippen LogP contribution in [0.2, 0.25) is 0 Å². The Bertz CT molecular complexity index is 740. The first-order valence-corrected chi connectivity index (χ1v) is 7.47. The Balaban J connectivity index is 1.60. The van der Waals surface area contributed by atoms with Gasteiger partial charge in [-0.15, -0.1) is 0 Å². The van der Waals surface area contributed by atoms with Crippen LogP contribution in [0, 0.1) is 0 Å². The summed E-state index contributed by atoms with van der Waals surface area (Å²) in [5, 5.41) is 1.07. The van der Waals surface area contributed by atoms with Gasteiger partial charge in [0.15, 0.2) is 0 Å². The molecule has 0 aliphatic carbocycles. The Hall–Kier alpha value is -2.07. The summed E-state index contributed by atoms with van der Waals surface area (Å²) in [5.74, 6) is 1.61. The van der Waals surface area contributed by atoms with Gasteiger partial charge in [0.05, 0.1) is 0 Å². The molecule has 0 atom stereocenters. The zero-order valence-corrected chi connectivity index (χ0v) is 12.9. The molecule has 1 heterocycles. The lowest BCUT2D eigenvalue weighted by Crippen LogP contribution is -2.09. The highest BCUT2D eigenvalue weighted by Gasteiger charge is 2.02. The van der Waals surface area contributed by atoms with Crippen molar-refractivity contribution in [3.63, 3.8) is 0 Å². The van der Waals surface area contributed by atoms with Crippen molar-refractivity contribution in [3.05, 3.63) is 65.3 Å². The van der Waals surface area contributed by atoms with Crippen molar-refractivity contribution in [2.75, 3.05) is 13.2 Å². The van der Waals surface area contributed by atoms with Crippen molar-refractivity contribution in [1.29, 1.82) is 0 Å². The molecule has 3 aromatic rings. The number of para-hydroxylation sites is 1. The first-order chi connectivity index (χ1) is 10.3. The van der Waals surface area contributed by atoms with E-state index < -0.39 is 0 Å². The molecular formula is C17H14BrNO2. The number of halogens is 1. The largest absolute Gasteiger partial charge is 0.490 e. The van der Waals surface area contributed by atoms with Crippen molar-refractivity contribution >= 4 is 26.8 Å². The lowest BCUT2D eigenvalue weighted by atomic mass is 10.2. The smallest absolute Gasteiger partial charge is 0.145 e. The summed E-state index contributed by atoms with van der Waals surface area (Å²) in [6.07, 6.45) is 1.77. The van der Waals surface area contributed by atoms with E-state index in [1.54, 1.807) is 6.20 Å². The number of rotatable bonds is 5. The van der Waals surface area contributed by atoms with Crippen molar-refractivity contribution in [1.82, 2.24) is 4.98 Å². The van der Waals surface area contributed by atoms with Crippen LogP contribution in [0.4, 0.5) is 0 Å². The summed E-state index contributed by atoms with van der Waals surface area (Å²) < 4.78 is 12.4. The van der Waals surface area contributed by atoms with E-state index in [-0.39, 0.29) is 0 Å². The number of fused-ring (bicyclic) bond motifs is 1. The van der Waals surface area contributed by atoms with Gasteiger partial charge < -0.3 is 9.47 Å². The van der Waals surface area contributed by atoms with Crippen LogP contribution in [0.1, 0.15) is 0 Å². The number of ether oxygens (including phenoxy) is 2. The lowest BCUT2D eigenvalue weighted by molar-refractivity contribution is 0.218. The van der Waals surface area contributed by atoms with Crippen LogP contribution in [0.5, 0.6) is 11.5 Å². The summed E-state index contributed by atoms with van der Waals surface area (Å²) in [5.41, 5.74) is 0.877. The molecular weight excluding hydrogens is 330 g/mol. The van der Waals surface area contributed by atoms with E-state index in [1.165, 1.54) is 0 Å². The quantitative estimate of drug-likeness (QED) is 0.641. The normalized spacial score (nSPS) is 10.5. The van der Waals surface area contributed by atoms with E-state index in [1.807, 2.05) is 54.6 Å². The molecule has 0 radical (unpaired) electrons. The first-order valence-electron chi connectivity index (χ1n) is 6.68.